The molecule has 1 aliphatic heterocycles. The number of phenols is 1. The maximum absolute atomic E-state index is 14.4. The van der Waals surface area contributed by atoms with Gasteiger partial charge in [-0.1, -0.05) is 69.9 Å². The molecule has 1 aliphatic rings. The molecule has 0 fully saturated rings. The molecule has 0 saturated heterocycles. The highest BCUT2D eigenvalue weighted by atomic mass is 32.2. The summed E-state index contributed by atoms with van der Waals surface area (Å²) in [7, 11) is -8.03. The minimum Gasteiger partial charge on any atom is -0.508 e. The summed E-state index contributed by atoms with van der Waals surface area (Å²) in [5.41, 5.74) is 1.31. The molecule has 3 aromatic rings. The van der Waals surface area contributed by atoms with E-state index in [9.17, 15) is 31.5 Å². The van der Waals surface area contributed by atoms with Gasteiger partial charge in [0.1, 0.15) is 17.5 Å². The Kier molecular flexibility index (Phi) is 14.4. The number of carbonyl (C=O) groups excluding carboxylic acids is 2. The average Bonchev–Trinajstić information content (AvgIpc) is 3.21. The van der Waals surface area contributed by atoms with Crippen LogP contribution in [0.3, 0.4) is 0 Å². The van der Waals surface area contributed by atoms with Gasteiger partial charge in [-0.25, -0.2) is 8.42 Å². The first kappa shape index (κ1) is 41.0. The summed E-state index contributed by atoms with van der Waals surface area (Å²) in [4.78, 5) is 29.3. The molecule has 1 atom stereocenters. The molecule has 0 bridgehead atoms. The maximum Gasteiger partial charge on any atom is 0.264 e. The second kappa shape index (κ2) is 18.3. The first-order valence-electron chi connectivity index (χ1n) is 17.4. The van der Waals surface area contributed by atoms with E-state index in [4.69, 9.17) is 9.29 Å². The van der Waals surface area contributed by atoms with Crippen LogP contribution in [0.15, 0.2) is 76.5 Å². The molecule has 4 rings (SSSR count). The number of nitrogens with one attached hydrogen (secondary N) is 2. The molecule has 2 amide bonds. The molecular weight excluding hydrogens is 727 g/mol. The number of hydrogen-bond acceptors (Lipinski definition) is 10. The highest BCUT2D eigenvalue weighted by Crippen LogP contribution is 2.47. The van der Waals surface area contributed by atoms with E-state index in [0.717, 1.165) is 44.2 Å². The number of rotatable bonds is 18. The van der Waals surface area contributed by atoms with Gasteiger partial charge in [0.05, 0.1) is 27.0 Å². The van der Waals surface area contributed by atoms with E-state index in [-0.39, 0.29) is 35.1 Å². The van der Waals surface area contributed by atoms with Crippen molar-refractivity contribution in [3.8, 4) is 11.5 Å². The van der Waals surface area contributed by atoms with Crippen molar-refractivity contribution < 1.29 is 40.8 Å². The first-order chi connectivity index (χ1) is 24.7. The quantitative estimate of drug-likeness (QED) is 0.0673. The minimum absolute atomic E-state index is 0.0114. The fourth-order valence-corrected chi connectivity index (χ4v) is 9.63. The van der Waals surface area contributed by atoms with Crippen LogP contribution in [0, 0.1) is 5.41 Å². The number of hydrogen-bond donors (Lipinski definition) is 4. The SMILES string of the molecule is CCCCC1(CCCC)CN(c2ccccc2)c2cc(SC)c(OCC(=O)NC(C(=O)NCCCS(=O)(=O)O)c3ccc(O)cc3)cc2S(=O)(=O)C1. The van der Waals surface area contributed by atoms with Crippen LogP contribution in [0.5, 0.6) is 11.5 Å². The fraction of sp³-hybridized carbons (Fsp3) is 0.459. The number of benzene rings is 3. The molecule has 0 radical (unpaired) electrons. The topological polar surface area (TPSA) is 179 Å². The first-order valence-corrected chi connectivity index (χ1v) is 21.9. The highest BCUT2D eigenvalue weighted by molar-refractivity contribution is 7.98. The largest absolute Gasteiger partial charge is 0.508 e. The molecule has 52 heavy (non-hydrogen) atoms. The van der Waals surface area contributed by atoms with Gasteiger partial charge in [-0.3, -0.25) is 14.1 Å². The third-order valence-electron chi connectivity index (χ3n) is 9.08. The molecule has 12 nitrogen and oxygen atoms in total. The van der Waals surface area contributed by atoms with Crippen LogP contribution in [-0.4, -0.2) is 75.8 Å². The third kappa shape index (κ3) is 11.1. The minimum atomic E-state index is -4.21. The number of nitrogens with zero attached hydrogens (tertiary/aromatic N) is 1. The lowest BCUT2D eigenvalue weighted by atomic mass is 9.79. The number of para-hydroxylation sites is 1. The van der Waals surface area contributed by atoms with Gasteiger partial charge in [-0.05, 0) is 61.4 Å². The van der Waals surface area contributed by atoms with Crippen LogP contribution >= 0.6 is 11.8 Å². The lowest BCUT2D eigenvalue weighted by Gasteiger charge is -2.37. The normalized spacial score (nSPS) is 15.6. The summed E-state index contributed by atoms with van der Waals surface area (Å²) >= 11 is 1.36. The van der Waals surface area contributed by atoms with Crippen molar-refractivity contribution in [2.45, 2.75) is 74.6 Å². The van der Waals surface area contributed by atoms with E-state index in [2.05, 4.69) is 29.4 Å². The smallest absolute Gasteiger partial charge is 0.264 e. The summed E-state index contributed by atoms with van der Waals surface area (Å²) in [5.74, 6) is -1.72. The molecular formula is C37H49N3O9S3. The van der Waals surface area contributed by atoms with Gasteiger partial charge in [0.25, 0.3) is 16.0 Å². The number of anilines is 2. The van der Waals surface area contributed by atoms with Gasteiger partial charge in [0.15, 0.2) is 16.4 Å². The van der Waals surface area contributed by atoms with Crippen molar-refractivity contribution in [3.05, 3.63) is 72.3 Å². The Morgan fingerprint density at radius 1 is 1.00 bits per heavy atom. The lowest BCUT2D eigenvalue weighted by molar-refractivity contribution is -0.130. The van der Waals surface area contributed by atoms with Crippen LogP contribution in [0.2, 0.25) is 0 Å². The number of fused-ring (bicyclic) bond motifs is 1. The Morgan fingerprint density at radius 3 is 2.25 bits per heavy atom. The highest BCUT2D eigenvalue weighted by Gasteiger charge is 2.42. The monoisotopic (exact) mass is 775 g/mol. The van der Waals surface area contributed by atoms with E-state index >= 15 is 0 Å². The molecule has 1 heterocycles. The van der Waals surface area contributed by atoms with Crippen LogP contribution in [-0.2, 0) is 29.5 Å². The number of ether oxygens (including phenoxy) is 1. The van der Waals surface area contributed by atoms with Gasteiger partial charge >= 0.3 is 0 Å². The summed E-state index contributed by atoms with van der Waals surface area (Å²) < 4.78 is 65.9. The van der Waals surface area contributed by atoms with Gasteiger partial charge in [0.2, 0.25) is 5.91 Å². The molecule has 0 aromatic heterocycles. The number of unbranched alkanes of at least 4 members (excludes halogenated alkanes) is 2. The van der Waals surface area contributed by atoms with Gasteiger partial charge in [-0.15, -0.1) is 11.8 Å². The van der Waals surface area contributed by atoms with E-state index in [1.165, 1.54) is 42.1 Å². The number of amides is 2. The second-order valence-electron chi connectivity index (χ2n) is 13.2. The van der Waals surface area contributed by atoms with Crippen LogP contribution in [0.1, 0.15) is 70.4 Å². The number of phenolic OH excluding ortho intramolecular Hbond substituents is 1. The lowest BCUT2D eigenvalue weighted by Crippen LogP contribution is -2.42. The zero-order valence-electron chi connectivity index (χ0n) is 29.8. The van der Waals surface area contributed by atoms with Crippen molar-refractivity contribution in [2.24, 2.45) is 5.41 Å². The summed E-state index contributed by atoms with van der Waals surface area (Å²) in [6, 6.07) is 17.5. The van der Waals surface area contributed by atoms with Crippen LogP contribution < -0.4 is 20.3 Å². The van der Waals surface area contributed by atoms with Crippen LogP contribution in [0.25, 0.3) is 0 Å². The predicted molar refractivity (Wildman–Crippen MR) is 204 cm³/mol. The fourth-order valence-electron chi connectivity index (χ4n) is 6.46. The van der Waals surface area contributed by atoms with Crippen molar-refractivity contribution >= 4 is 54.9 Å². The second-order valence-corrected chi connectivity index (χ2v) is 17.5. The van der Waals surface area contributed by atoms with Crippen LogP contribution in [0.4, 0.5) is 11.4 Å². The summed E-state index contributed by atoms with van der Waals surface area (Å²) in [5, 5.41) is 14.9. The van der Waals surface area contributed by atoms with Gasteiger partial charge in [-0.2, -0.15) is 8.42 Å². The molecule has 1 unspecified atom stereocenters. The maximum atomic E-state index is 14.4. The van der Waals surface area contributed by atoms with Crippen molar-refractivity contribution in [1.29, 1.82) is 0 Å². The molecule has 0 spiro atoms. The van der Waals surface area contributed by atoms with E-state index in [0.29, 0.717) is 22.7 Å². The Bertz CT molecular complexity index is 1880. The van der Waals surface area contributed by atoms with E-state index in [1.807, 2.05) is 42.7 Å². The Labute approximate surface area is 311 Å². The van der Waals surface area contributed by atoms with Gasteiger partial charge < -0.3 is 25.4 Å². The Balaban J connectivity index is 1.64. The third-order valence-corrected chi connectivity index (χ3v) is 12.6. The predicted octanol–water partition coefficient (Wildman–Crippen LogP) is 6.04. The molecule has 15 heteroatoms. The molecule has 3 aromatic carbocycles. The van der Waals surface area contributed by atoms with E-state index in [1.54, 1.807) is 0 Å². The number of sulfone groups is 1. The average molecular weight is 776 g/mol. The zero-order chi connectivity index (χ0) is 37.9. The van der Waals surface area contributed by atoms with Crippen molar-refractivity contribution in [3.63, 3.8) is 0 Å². The van der Waals surface area contributed by atoms with Gasteiger partial charge in [0, 0.05) is 30.3 Å². The van der Waals surface area contributed by atoms with Crippen molar-refractivity contribution in [1.82, 2.24) is 10.6 Å². The molecule has 4 N–H and O–H groups in total. The van der Waals surface area contributed by atoms with E-state index < -0.39 is 55.6 Å². The standard InChI is InChI=1S/C37H49N3O9S3/c1-4-6-18-37(19-7-5-2)25-40(28-12-9-8-10-13-28)30-22-32(50-3)31(23-33(30)51(44,45)26-37)49-24-34(42)39-35(27-14-16-29(41)17-15-27)36(43)38-20-11-21-52(46,47)48/h8-10,12-17,22-23,35,41H,4-7,11,18-21,24-26H2,1-3H3,(H,38,43)(H,39,42)(H,46,47,48). The summed E-state index contributed by atoms with van der Waals surface area (Å²) in [6.45, 7) is 4.13. The molecule has 0 aliphatic carbocycles. The number of aromatic hydroxyl groups is 1. The Hall–Kier alpha value is -3.79. The Morgan fingerprint density at radius 2 is 1.65 bits per heavy atom. The molecule has 284 valence electrons. The zero-order valence-corrected chi connectivity index (χ0v) is 32.3. The number of thioether (sulfide) groups is 1. The summed E-state index contributed by atoms with van der Waals surface area (Å²) in [6.07, 6.45) is 7.05. The number of carbonyl (C=O) groups is 2. The van der Waals surface area contributed by atoms with Crippen molar-refractivity contribution in [2.75, 3.05) is 42.4 Å². The molecule has 0 saturated carbocycles.